The number of carbonyl (C=O) groups excluding carboxylic acids is 1. The van der Waals surface area contributed by atoms with Crippen LogP contribution in [0.25, 0.3) is 0 Å². The van der Waals surface area contributed by atoms with Crippen molar-refractivity contribution in [3.8, 4) is 0 Å². The molecular weight excluding hydrogens is 254 g/mol. The summed E-state index contributed by atoms with van der Waals surface area (Å²) in [5, 5.41) is 3.29. The van der Waals surface area contributed by atoms with Crippen LogP contribution in [-0.4, -0.2) is 74.7 Å². The number of morpholine rings is 1. The van der Waals surface area contributed by atoms with Crippen molar-refractivity contribution in [2.24, 2.45) is 0 Å². The number of nitrogens with zero attached hydrogens (tertiary/aromatic N) is 2. The van der Waals surface area contributed by atoms with E-state index in [1.165, 1.54) is 25.7 Å². The van der Waals surface area contributed by atoms with Gasteiger partial charge in [0.15, 0.2) is 0 Å². The van der Waals surface area contributed by atoms with Gasteiger partial charge in [0.2, 0.25) is 5.91 Å². The summed E-state index contributed by atoms with van der Waals surface area (Å²) >= 11 is 0. The SMILES string of the molecule is CN(C)CCN(C(=O)CC1CNCCO1)C1CCCC1. The molecule has 1 saturated heterocycles. The zero-order valence-corrected chi connectivity index (χ0v) is 12.9. The average molecular weight is 283 g/mol. The molecule has 5 heteroatoms. The maximum absolute atomic E-state index is 12.6. The molecule has 5 nitrogen and oxygen atoms in total. The fourth-order valence-electron chi connectivity index (χ4n) is 3.10. The number of hydrogen-bond acceptors (Lipinski definition) is 4. The van der Waals surface area contributed by atoms with E-state index in [-0.39, 0.29) is 12.0 Å². The summed E-state index contributed by atoms with van der Waals surface area (Å²) in [5.41, 5.74) is 0. The molecule has 0 aromatic carbocycles. The molecule has 2 rings (SSSR count). The normalized spacial score (nSPS) is 24.2. The molecule has 2 aliphatic rings. The molecule has 1 aliphatic heterocycles. The molecule has 0 aromatic heterocycles. The van der Waals surface area contributed by atoms with Crippen molar-refractivity contribution in [1.29, 1.82) is 0 Å². The third-order valence-corrected chi connectivity index (χ3v) is 4.28. The number of hydrogen-bond donors (Lipinski definition) is 1. The lowest BCUT2D eigenvalue weighted by molar-refractivity contribution is -0.137. The van der Waals surface area contributed by atoms with E-state index in [9.17, 15) is 4.79 Å². The molecule has 116 valence electrons. The quantitative estimate of drug-likeness (QED) is 0.779. The van der Waals surface area contributed by atoms with E-state index in [0.717, 1.165) is 32.8 Å². The Kier molecular flexibility index (Phi) is 6.26. The van der Waals surface area contributed by atoms with Crippen molar-refractivity contribution in [3.63, 3.8) is 0 Å². The largest absolute Gasteiger partial charge is 0.375 e. The Morgan fingerprint density at radius 1 is 1.25 bits per heavy atom. The van der Waals surface area contributed by atoms with Gasteiger partial charge in [-0.1, -0.05) is 12.8 Å². The van der Waals surface area contributed by atoms with Gasteiger partial charge < -0.3 is 19.9 Å². The van der Waals surface area contributed by atoms with Gasteiger partial charge in [-0.05, 0) is 26.9 Å². The minimum atomic E-state index is 0.0551. The zero-order valence-electron chi connectivity index (χ0n) is 12.9. The van der Waals surface area contributed by atoms with Crippen LogP contribution in [0.4, 0.5) is 0 Å². The summed E-state index contributed by atoms with van der Waals surface area (Å²) in [6, 6.07) is 0.457. The first-order valence-corrected chi connectivity index (χ1v) is 7.93. The van der Waals surface area contributed by atoms with E-state index in [1.54, 1.807) is 0 Å². The highest BCUT2D eigenvalue weighted by molar-refractivity contribution is 5.77. The van der Waals surface area contributed by atoms with Crippen LogP contribution >= 0.6 is 0 Å². The summed E-state index contributed by atoms with van der Waals surface area (Å²) in [4.78, 5) is 16.9. The second-order valence-corrected chi connectivity index (χ2v) is 6.23. The fourth-order valence-corrected chi connectivity index (χ4v) is 3.10. The molecule has 1 heterocycles. The monoisotopic (exact) mass is 283 g/mol. The molecular formula is C15H29N3O2. The molecule has 1 N–H and O–H groups in total. The van der Waals surface area contributed by atoms with Crippen LogP contribution in [0.15, 0.2) is 0 Å². The lowest BCUT2D eigenvalue weighted by Crippen LogP contribution is -2.46. The highest BCUT2D eigenvalue weighted by atomic mass is 16.5. The average Bonchev–Trinajstić information content (AvgIpc) is 2.93. The Bertz CT molecular complexity index is 297. The molecule has 1 atom stereocenters. The number of rotatable bonds is 6. The number of nitrogens with one attached hydrogen (secondary N) is 1. The lowest BCUT2D eigenvalue weighted by atomic mass is 10.1. The van der Waals surface area contributed by atoms with Crippen LogP contribution in [0, 0.1) is 0 Å². The van der Waals surface area contributed by atoms with Gasteiger partial charge in [0.1, 0.15) is 0 Å². The Labute approximate surface area is 122 Å². The van der Waals surface area contributed by atoms with Gasteiger partial charge in [-0.25, -0.2) is 0 Å². The van der Waals surface area contributed by atoms with Crippen molar-refractivity contribution in [1.82, 2.24) is 15.1 Å². The van der Waals surface area contributed by atoms with Crippen molar-refractivity contribution >= 4 is 5.91 Å². The molecule has 0 aromatic rings. The Balaban J connectivity index is 1.87. The second kappa shape index (κ2) is 7.96. The van der Waals surface area contributed by atoms with Crippen LogP contribution < -0.4 is 5.32 Å². The van der Waals surface area contributed by atoms with Crippen LogP contribution in [0.5, 0.6) is 0 Å². The van der Waals surface area contributed by atoms with E-state index >= 15 is 0 Å². The number of amides is 1. The maximum atomic E-state index is 12.6. The van der Waals surface area contributed by atoms with Crippen LogP contribution in [0.1, 0.15) is 32.1 Å². The van der Waals surface area contributed by atoms with E-state index < -0.39 is 0 Å². The fraction of sp³-hybridized carbons (Fsp3) is 0.933. The molecule has 1 amide bonds. The maximum Gasteiger partial charge on any atom is 0.225 e. The smallest absolute Gasteiger partial charge is 0.225 e. The summed E-state index contributed by atoms with van der Waals surface area (Å²) < 4.78 is 5.67. The van der Waals surface area contributed by atoms with Crippen molar-refractivity contribution in [3.05, 3.63) is 0 Å². The van der Waals surface area contributed by atoms with Gasteiger partial charge in [0.25, 0.3) is 0 Å². The first-order valence-electron chi connectivity index (χ1n) is 7.93. The molecule has 0 spiro atoms. The molecule has 0 radical (unpaired) electrons. The molecule has 2 fully saturated rings. The summed E-state index contributed by atoms with van der Waals surface area (Å²) in [7, 11) is 4.12. The summed E-state index contributed by atoms with van der Waals surface area (Å²) in [5.74, 6) is 0.271. The van der Waals surface area contributed by atoms with Gasteiger partial charge in [0.05, 0.1) is 19.1 Å². The third kappa shape index (κ3) is 4.72. The van der Waals surface area contributed by atoms with Gasteiger partial charge in [0, 0.05) is 32.2 Å². The predicted octanol–water partition coefficient (Wildman–Crippen LogP) is 0.698. The second-order valence-electron chi connectivity index (χ2n) is 6.23. The predicted molar refractivity (Wildman–Crippen MR) is 79.7 cm³/mol. The Morgan fingerprint density at radius 3 is 2.60 bits per heavy atom. The number of ether oxygens (including phenoxy) is 1. The molecule has 1 aliphatic carbocycles. The van der Waals surface area contributed by atoms with Crippen LogP contribution in [0.3, 0.4) is 0 Å². The van der Waals surface area contributed by atoms with Crippen LogP contribution in [-0.2, 0) is 9.53 Å². The Hall–Kier alpha value is -0.650. The van der Waals surface area contributed by atoms with E-state index in [0.29, 0.717) is 12.5 Å². The minimum Gasteiger partial charge on any atom is -0.375 e. The van der Waals surface area contributed by atoms with Gasteiger partial charge in [-0.3, -0.25) is 4.79 Å². The third-order valence-electron chi connectivity index (χ3n) is 4.28. The molecule has 20 heavy (non-hydrogen) atoms. The molecule has 1 saturated carbocycles. The minimum absolute atomic E-state index is 0.0551. The topological polar surface area (TPSA) is 44.8 Å². The number of carbonyl (C=O) groups is 1. The van der Waals surface area contributed by atoms with E-state index in [2.05, 4.69) is 29.2 Å². The lowest BCUT2D eigenvalue weighted by Gasteiger charge is -2.32. The van der Waals surface area contributed by atoms with E-state index in [4.69, 9.17) is 4.74 Å². The first kappa shape index (κ1) is 15.7. The summed E-state index contributed by atoms with van der Waals surface area (Å²) in [6.07, 6.45) is 5.44. The van der Waals surface area contributed by atoms with Crippen molar-refractivity contribution in [2.75, 3.05) is 46.9 Å². The van der Waals surface area contributed by atoms with E-state index in [1.807, 2.05) is 0 Å². The Morgan fingerprint density at radius 2 is 2.00 bits per heavy atom. The molecule has 0 bridgehead atoms. The van der Waals surface area contributed by atoms with Crippen molar-refractivity contribution < 1.29 is 9.53 Å². The standard InChI is InChI=1S/C15H29N3O2/c1-17(2)8-9-18(13-5-3-4-6-13)15(19)11-14-12-16-7-10-20-14/h13-14,16H,3-12H2,1-2H3. The molecule has 1 unspecified atom stereocenters. The highest BCUT2D eigenvalue weighted by Gasteiger charge is 2.28. The van der Waals surface area contributed by atoms with Gasteiger partial charge in [-0.2, -0.15) is 0 Å². The number of likely N-dealkylation sites (N-methyl/N-ethyl adjacent to an activating group) is 1. The first-order chi connectivity index (χ1) is 9.66. The highest BCUT2D eigenvalue weighted by Crippen LogP contribution is 2.24. The zero-order chi connectivity index (χ0) is 14.4. The van der Waals surface area contributed by atoms with Crippen molar-refractivity contribution in [2.45, 2.75) is 44.2 Å². The van der Waals surface area contributed by atoms with Crippen LogP contribution in [0.2, 0.25) is 0 Å². The van der Waals surface area contributed by atoms with Gasteiger partial charge >= 0.3 is 0 Å². The van der Waals surface area contributed by atoms with Gasteiger partial charge in [-0.15, -0.1) is 0 Å². The summed E-state index contributed by atoms with van der Waals surface area (Å²) in [6.45, 7) is 4.21.